The Hall–Kier alpha value is -1.50. The Bertz CT molecular complexity index is 608. The van der Waals surface area contributed by atoms with Gasteiger partial charge in [0.15, 0.2) is 5.65 Å². The molecular weight excluding hydrogens is 286 g/mol. The van der Waals surface area contributed by atoms with Gasteiger partial charge < -0.3 is 5.73 Å². The fraction of sp³-hybridized carbons (Fsp3) is 0.400. The van der Waals surface area contributed by atoms with E-state index in [9.17, 15) is 4.79 Å². The molecule has 2 heterocycles. The number of carbonyl (C=O) groups excluding carboxylic acids is 1. The number of nitrogen functional groups attached to an aromatic ring is 1. The van der Waals surface area contributed by atoms with Gasteiger partial charge in [-0.1, -0.05) is 0 Å². The van der Waals surface area contributed by atoms with Crippen molar-refractivity contribution in [3.8, 4) is 0 Å². The fourth-order valence-electron chi connectivity index (χ4n) is 2.21. The number of halogens is 1. The predicted molar refractivity (Wildman–Crippen MR) is 65.3 cm³/mol. The van der Waals surface area contributed by atoms with E-state index in [1.807, 2.05) is 0 Å². The van der Waals surface area contributed by atoms with E-state index in [1.165, 1.54) is 6.33 Å². The predicted octanol–water partition coefficient (Wildman–Crippen LogP) is 1.47. The highest BCUT2D eigenvalue weighted by molar-refractivity contribution is 9.10. The van der Waals surface area contributed by atoms with Crippen molar-refractivity contribution in [1.82, 2.24) is 19.7 Å². The van der Waals surface area contributed by atoms with Gasteiger partial charge in [0.2, 0.25) is 0 Å². The SMILES string of the molecule is Nc1ncnc2c1c(Br)nn2C1CCC(=O)C1. The molecule has 2 aromatic heterocycles. The quantitative estimate of drug-likeness (QED) is 0.861. The Kier molecular flexibility index (Phi) is 2.36. The summed E-state index contributed by atoms with van der Waals surface area (Å²) in [7, 11) is 0. The molecule has 0 aromatic carbocycles. The van der Waals surface area contributed by atoms with Gasteiger partial charge in [0, 0.05) is 12.8 Å². The zero-order chi connectivity index (χ0) is 12.0. The molecule has 3 rings (SSSR count). The van der Waals surface area contributed by atoms with Crippen molar-refractivity contribution in [3.63, 3.8) is 0 Å². The number of aromatic nitrogens is 4. The van der Waals surface area contributed by atoms with E-state index in [4.69, 9.17) is 5.73 Å². The molecule has 0 spiro atoms. The fourth-order valence-corrected chi connectivity index (χ4v) is 2.76. The smallest absolute Gasteiger partial charge is 0.164 e. The minimum atomic E-state index is 0.0885. The van der Waals surface area contributed by atoms with Crippen LogP contribution in [0.2, 0.25) is 0 Å². The van der Waals surface area contributed by atoms with E-state index in [2.05, 4.69) is 31.0 Å². The number of nitrogens with zero attached hydrogens (tertiary/aromatic N) is 4. The molecule has 17 heavy (non-hydrogen) atoms. The summed E-state index contributed by atoms with van der Waals surface area (Å²) in [5, 5.41) is 5.08. The van der Waals surface area contributed by atoms with Gasteiger partial charge in [0.05, 0.1) is 11.4 Å². The lowest BCUT2D eigenvalue weighted by molar-refractivity contribution is -0.117. The largest absolute Gasteiger partial charge is 0.383 e. The van der Waals surface area contributed by atoms with Gasteiger partial charge in [-0.15, -0.1) is 0 Å². The van der Waals surface area contributed by atoms with Crippen LogP contribution >= 0.6 is 15.9 Å². The number of fused-ring (bicyclic) bond motifs is 1. The monoisotopic (exact) mass is 295 g/mol. The van der Waals surface area contributed by atoms with Crippen LogP contribution in [0.3, 0.4) is 0 Å². The molecule has 0 radical (unpaired) electrons. The maximum absolute atomic E-state index is 11.3. The van der Waals surface area contributed by atoms with Gasteiger partial charge in [-0.3, -0.25) is 4.79 Å². The molecule has 1 aliphatic carbocycles. The van der Waals surface area contributed by atoms with Crippen LogP contribution in [0.1, 0.15) is 25.3 Å². The topological polar surface area (TPSA) is 86.7 Å². The molecule has 1 atom stereocenters. The third-order valence-corrected chi connectivity index (χ3v) is 3.60. The van der Waals surface area contributed by atoms with Gasteiger partial charge in [-0.2, -0.15) is 5.10 Å². The molecule has 1 fully saturated rings. The number of hydrogen-bond donors (Lipinski definition) is 1. The Morgan fingerprint density at radius 1 is 1.47 bits per heavy atom. The number of rotatable bonds is 1. The average Bonchev–Trinajstić information content (AvgIpc) is 2.84. The number of Topliss-reactive ketones (excluding diaryl/α,β-unsaturated/α-hetero) is 1. The lowest BCUT2D eigenvalue weighted by atomic mass is 10.2. The van der Waals surface area contributed by atoms with Gasteiger partial charge in [-0.25, -0.2) is 14.6 Å². The van der Waals surface area contributed by atoms with E-state index in [-0.39, 0.29) is 11.8 Å². The van der Waals surface area contributed by atoms with Gasteiger partial charge >= 0.3 is 0 Å². The van der Waals surface area contributed by atoms with Crippen LogP contribution in [-0.4, -0.2) is 25.5 Å². The first kappa shape index (κ1) is 10.6. The second-order valence-electron chi connectivity index (χ2n) is 4.13. The maximum atomic E-state index is 11.3. The third kappa shape index (κ3) is 1.61. The van der Waals surface area contributed by atoms with E-state index in [0.29, 0.717) is 34.3 Å². The summed E-state index contributed by atoms with van der Waals surface area (Å²) < 4.78 is 2.41. The molecule has 7 heteroatoms. The standard InChI is InChI=1S/C10H10BrN5O/c11-8-7-9(12)13-4-14-10(7)16(15-8)5-1-2-6(17)3-5/h4-5H,1-3H2,(H2,12,13,14). The summed E-state index contributed by atoms with van der Waals surface area (Å²) in [4.78, 5) is 19.5. The number of anilines is 1. The van der Waals surface area contributed by atoms with Crippen molar-refractivity contribution >= 4 is 38.6 Å². The van der Waals surface area contributed by atoms with Crippen molar-refractivity contribution in [2.45, 2.75) is 25.3 Å². The molecule has 1 aliphatic rings. The Balaban J connectivity index is 2.18. The van der Waals surface area contributed by atoms with Crippen LogP contribution in [0.15, 0.2) is 10.9 Å². The summed E-state index contributed by atoms with van der Waals surface area (Å²) in [5.41, 5.74) is 6.48. The number of ketones is 1. The highest BCUT2D eigenvalue weighted by Gasteiger charge is 2.27. The Labute approximate surface area is 105 Å². The Morgan fingerprint density at radius 2 is 2.29 bits per heavy atom. The van der Waals surface area contributed by atoms with Crippen molar-refractivity contribution < 1.29 is 4.79 Å². The number of carbonyl (C=O) groups is 1. The maximum Gasteiger partial charge on any atom is 0.164 e. The molecule has 88 valence electrons. The molecule has 0 saturated heterocycles. The first-order valence-electron chi connectivity index (χ1n) is 5.32. The first-order chi connectivity index (χ1) is 8.16. The van der Waals surface area contributed by atoms with Crippen molar-refractivity contribution in [1.29, 1.82) is 0 Å². The second-order valence-corrected chi connectivity index (χ2v) is 4.88. The van der Waals surface area contributed by atoms with E-state index >= 15 is 0 Å². The van der Waals surface area contributed by atoms with Crippen LogP contribution < -0.4 is 5.73 Å². The van der Waals surface area contributed by atoms with Gasteiger partial charge in [0.25, 0.3) is 0 Å². The molecule has 1 unspecified atom stereocenters. The highest BCUT2D eigenvalue weighted by atomic mass is 79.9. The van der Waals surface area contributed by atoms with E-state index in [1.54, 1.807) is 4.68 Å². The minimum Gasteiger partial charge on any atom is -0.383 e. The van der Waals surface area contributed by atoms with Gasteiger partial charge in [-0.05, 0) is 22.4 Å². The molecular formula is C10H10BrN5O. The van der Waals surface area contributed by atoms with Crippen LogP contribution in [0.4, 0.5) is 5.82 Å². The minimum absolute atomic E-state index is 0.0885. The third-order valence-electron chi connectivity index (χ3n) is 3.04. The number of hydrogen-bond acceptors (Lipinski definition) is 5. The van der Waals surface area contributed by atoms with Crippen LogP contribution in [0.25, 0.3) is 11.0 Å². The average molecular weight is 296 g/mol. The molecule has 6 nitrogen and oxygen atoms in total. The zero-order valence-electron chi connectivity index (χ0n) is 8.93. The highest BCUT2D eigenvalue weighted by Crippen LogP contribution is 2.33. The molecule has 2 N–H and O–H groups in total. The second kappa shape index (κ2) is 3.76. The summed E-state index contributed by atoms with van der Waals surface area (Å²) >= 11 is 3.35. The number of nitrogens with two attached hydrogens (primary N) is 1. The zero-order valence-corrected chi connectivity index (χ0v) is 10.5. The molecule has 0 aliphatic heterocycles. The normalized spacial score (nSPS) is 20.3. The molecule has 0 bridgehead atoms. The van der Waals surface area contributed by atoms with E-state index < -0.39 is 0 Å². The molecule has 1 saturated carbocycles. The van der Waals surface area contributed by atoms with Crippen molar-refractivity contribution in [2.24, 2.45) is 0 Å². The molecule has 0 amide bonds. The summed E-state index contributed by atoms with van der Waals surface area (Å²) in [6, 6.07) is 0.0885. The van der Waals surface area contributed by atoms with Crippen LogP contribution in [0.5, 0.6) is 0 Å². The summed E-state index contributed by atoms with van der Waals surface area (Å²) in [6.45, 7) is 0. The van der Waals surface area contributed by atoms with Crippen molar-refractivity contribution in [3.05, 3.63) is 10.9 Å². The van der Waals surface area contributed by atoms with Gasteiger partial charge in [0.1, 0.15) is 22.5 Å². The lowest BCUT2D eigenvalue weighted by Crippen LogP contribution is -2.08. The Morgan fingerprint density at radius 3 is 3.00 bits per heavy atom. The summed E-state index contributed by atoms with van der Waals surface area (Å²) in [5.74, 6) is 0.675. The molecule has 2 aromatic rings. The van der Waals surface area contributed by atoms with Crippen LogP contribution in [0, 0.1) is 0 Å². The first-order valence-corrected chi connectivity index (χ1v) is 6.12. The van der Waals surface area contributed by atoms with Crippen molar-refractivity contribution in [2.75, 3.05) is 5.73 Å². The lowest BCUT2D eigenvalue weighted by Gasteiger charge is -2.09. The van der Waals surface area contributed by atoms with E-state index in [0.717, 1.165) is 6.42 Å². The summed E-state index contributed by atoms with van der Waals surface area (Å²) in [6.07, 6.45) is 3.36. The van der Waals surface area contributed by atoms with Crippen LogP contribution in [-0.2, 0) is 4.79 Å².